The fourth-order valence-electron chi connectivity index (χ4n) is 3.36. The van der Waals surface area contributed by atoms with E-state index < -0.39 is 17.5 Å². The molecule has 2 aliphatic heterocycles. The maximum absolute atomic E-state index is 13.2. The molecule has 8 heteroatoms. The van der Waals surface area contributed by atoms with E-state index in [2.05, 4.69) is 10.2 Å². The zero-order valence-electron chi connectivity index (χ0n) is 14.5. The fraction of sp³-hybridized carbons (Fsp3) is 0.556. The molecule has 1 N–H and O–H groups in total. The van der Waals surface area contributed by atoms with Gasteiger partial charge in [-0.2, -0.15) is 0 Å². The number of carbonyl (C=O) groups is 2. The van der Waals surface area contributed by atoms with Gasteiger partial charge in [-0.1, -0.05) is 0 Å². The maximum Gasteiger partial charge on any atom is 0.251 e. The van der Waals surface area contributed by atoms with Gasteiger partial charge in [-0.05, 0) is 30.5 Å². The molecule has 1 atom stereocenters. The summed E-state index contributed by atoms with van der Waals surface area (Å²) in [6, 6.07) is 2.90. The monoisotopic (exact) mass is 367 g/mol. The third-order valence-corrected chi connectivity index (χ3v) is 4.84. The van der Waals surface area contributed by atoms with E-state index in [1.165, 1.54) is 6.07 Å². The lowest BCUT2D eigenvalue weighted by atomic mass is 10.1. The van der Waals surface area contributed by atoms with Crippen LogP contribution in [0.4, 0.5) is 8.78 Å². The summed E-state index contributed by atoms with van der Waals surface area (Å²) in [5, 5.41) is 2.47. The Morgan fingerprint density at radius 3 is 2.65 bits per heavy atom. The third-order valence-electron chi connectivity index (χ3n) is 4.84. The molecule has 0 bridgehead atoms. The third kappa shape index (κ3) is 4.76. The van der Waals surface area contributed by atoms with E-state index >= 15 is 0 Å². The van der Waals surface area contributed by atoms with Crippen molar-refractivity contribution in [2.45, 2.75) is 6.42 Å². The van der Waals surface area contributed by atoms with Crippen molar-refractivity contribution in [2.75, 3.05) is 52.5 Å². The van der Waals surface area contributed by atoms with Gasteiger partial charge in [0.05, 0.1) is 19.8 Å². The smallest absolute Gasteiger partial charge is 0.251 e. The van der Waals surface area contributed by atoms with Gasteiger partial charge in [0.2, 0.25) is 5.91 Å². The molecule has 0 radical (unpaired) electrons. The molecule has 0 spiro atoms. The Morgan fingerprint density at radius 2 is 1.92 bits per heavy atom. The fourth-order valence-corrected chi connectivity index (χ4v) is 3.36. The van der Waals surface area contributed by atoms with Crippen LogP contribution >= 0.6 is 0 Å². The van der Waals surface area contributed by atoms with Crippen molar-refractivity contribution in [2.24, 2.45) is 5.92 Å². The normalized spacial score (nSPS) is 21.0. The SMILES string of the molecule is O=C(NCC(=O)N1CCC(CN2CCOCC2)C1)c1ccc(F)c(F)c1. The van der Waals surface area contributed by atoms with Crippen molar-refractivity contribution < 1.29 is 23.1 Å². The molecule has 0 aromatic heterocycles. The van der Waals surface area contributed by atoms with Gasteiger partial charge >= 0.3 is 0 Å². The minimum absolute atomic E-state index is 0.0108. The van der Waals surface area contributed by atoms with Gasteiger partial charge < -0.3 is 15.0 Å². The number of nitrogens with zero attached hydrogens (tertiary/aromatic N) is 2. The minimum Gasteiger partial charge on any atom is -0.379 e. The molecule has 6 nitrogen and oxygen atoms in total. The first-order valence-corrected chi connectivity index (χ1v) is 8.84. The first-order valence-electron chi connectivity index (χ1n) is 8.84. The van der Waals surface area contributed by atoms with Crippen molar-refractivity contribution in [3.05, 3.63) is 35.4 Å². The molecule has 142 valence electrons. The summed E-state index contributed by atoms with van der Waals surface area (Å²) < 4.78 is 31.4. The van der Waals surface area contributed by atoms with Crippen LogP contribution in [-0.4, -0.2) is 74.1 Å². The second-order valence-corrected chi connectivity index (χ2v) is 6.72. The van der Waals surface area contributed by atoms with Crippen LogP contribution in [0.2, 0.25) is 0 Å². The number of rotatable bonds is 5. The summed E-state index contributed by atoms with van der Waals surface area (Å²) in [5.74, 6) is -2.43. The number of benzene rings is 1. The number of likely N-dealkylation sites (tertiary alicyclic amines) is 1. The van der Waals surface area contributed by atoms with Crippen molar-refractivity contribution in [3.63, 3.8) is 0 Å². The Kier molecular flexibility index (Phi) is 6.16. The van der Waals surface area contributed by atoms with Gasteiger partial charge in [-0.25, -0.2) is 8.78 Å². The molecule has 26 heavy (non-hydrogen) atoms. The zero-order valence-corrected chi connectivity index (χ0v) is 14.5. The predicted octanol–water partition coefficient (Wildman–Crippen LogP) is 0.875. The van der Waals surface area contributed by atoms with Crippen LogP contribution in [0.25, 0.3) is 0 Å². The molecule has 2 saturated heterocycles. The molecular formula is C18H23F2N3O3. The van der Waals surface area contributed by atoms with E-state index in [0.29, 0.717) is 19.0 Å². The average molecular weight is 367 g/mol. The summed E-state index contributed by atoms with van der Waals surface area (Å²) in [5.41, 5.74) is -0.0108. The number of amides is 2. The highest BCUT2D eigenvalue weighted by molar-refractivity contribution is 5.96. The summed E-state index contributed by atoms with van der Waals surface area (Å²) in [6.07, 6.45) is 0.945. The molecule has 1 aromatic rings. The Balaban J connectivity index is 1.43. The van der Waals surface area contributed by atoms with Gasteiger partial charge in [0, 0.05) is 38.3 Å². The van der Waals surface area contributed by atoms with E-state index in [1.54, 1.807) is 4.90 Å². The Labute approximate surface area is 151 Å². The quantitative estimate of drug-likeness (QED) is 0.839. The van der Waals surface area contributed by atoms with Crippen molar-refractivity contribution in [1.82, 2.24) is 15.1 Å². The minimum atomic E-state index is -1.09. The number of carbonyl (C=O) groups excluding carboxylic acids is 2. The van der Waals surface area contributed by atoms with Crippen LogP contribution in [-0.2, 0) is 9.53 Å². The molecular weight excluding hydrogens is 344 g/mol. The van der Waals surface area contributed by atoms with Crippen LogP contribution in [0.5, 0.6) is 0 Å². The van der Waals surface area contributed by atoms with Gasteiger partial charge in [0.25, 0.3) is 5.91 Å². The first kappa shape index (κ1) is 18.7. The maximum atomic E-state index is 13.2. The summed E-state index contributed by atoms with van der Waals surface area (Å²) in [4.78, 5) is 28.3. The summed E-state index contributed by atoms with van der Waals surface area (Å²) in [7, 11) is 0. The zero-order chi connectivity index (χ0) is 18.5. The Hall–Kier alpha value is -2.06. The average Bonchev–Trinajstić information content (AvgIpc) is 3.11. The second-order valence-electron chi connectivity index (χ2n) is 6.72. The number of morpholine rings is 1. The largest absolute Gasteiger partial charge is 0.379 e. The van der Waals surface area contributed by atoms with Crippen molar-refractivity contribution >= 4 is 11.8 Å². The van der Waals surface area contributed by atoms with Crippen LogP contribution in [0.15, 0.2) is 18.2 Å². The number of ether oxygens (including phenoxy) is 1. The number of nitrogens with one attached hydrogen (secondary N) is 1. The lowest BCUT2D eigenvalue weighted by molar-refractivity contribution is -0.129. The number of hydrogen-bond donors (Lipinski definition) is 1. The summed E-state index contributed by atoms with van der Waals surface area (Å²) >= 11 is 0. The van der Waals surface area contributed by atoms with E-state index in [9.17, 15) is 18.4 Å². The van der Waals surface area contributed by atoms with Gasteiger partial charge in [0.15, 0.2) is 11.6 Å². The molecule has 2 heterocycles. The van der Waals surface area contributed by atoms with Gasteiger partial charge in [0.1, 0.15) is 0 Å². The number of hydrogen-bond acceptors (Lipinski definition) is 4. The highest BCUT2D eigenvalue weighted by Gasteiger charge is 2.28. The van der Waals surface area contributed by atoms with Gasteiger partial charge in [-0.15, -0.1) is 0 Å². The highest BCUT2D eigenvalue weighted by atomic mass is 19.2. The molecule has 1 aromatic carbocycles. The standard InChI is InChI=1S/C18H23F2N3O3/c19-15-2-1-14(9-16(15)20)18(25)21-10-17(24)23-4-3-13(12-23)11-22-5-7-26-8-6-22/h1-2,9,13H,3-8,10-12H2,(H,21,25). The first-order chi connectivity index (χ1) is 12.5. The van der Waals surface area contributed by atoms with E-state index in [0.717, 1.165) is 51.4 Å². The van der Waals surface area contributed by atoms with Crippen molar-refractivity contribution in [1.29, 1.82) is 0 Å². The Bertz CT molecular complexity index is 665. The predicted molar refractivity (Wildman–Crippen MR) is 90.6 cm³/mol. The van der Waals surface area contributed by atoms with E-state index in [-0.39, 0.29) is 18.0 Å². The Morgan fingerprint density at radius 1 is 1.15 bits per heavy atom. The van der Waals surface area contributed by atoms with Crippen LogP contribution in [0, 0.1) is 17.6 Å². The lowest BCUT2D eigenvalue weighted by Crippen LogP contribution is -2.41. The highest BCUT2D eigenvalue weighted by Crippen LogP contribution is 2.18. The summed E-state index contributed by atoms with van der Waals surface area (Å²) in [6.45, 7) is 5.52. The van der Waals surface area contributed by atoms with Gasteiger partial charge in [-0.3, -0.25) is 14.5 Å². The number of halogens is 2. The van der Waals surface area contributed by atoms with Crippen LogP contribution < -0.4 is 5.32 Å². The topological polar surface area (TPSA) is 61.9 Å². The van der Waals surface area contributed by atoms with Crippen LogP contribution in [0.3, 0.4) is 0 Å². The van der Waals surface area contributed by atoms with Crippen molar-refractivity contribution in [3.8, 4) is 0 Å². The molecule has 2 aliphatic rings. The molecule has 0 aliphatic carbocycles. The second kappa shape index (κ2) is 8.55. The molecule has 0 saturated carbocycles. The molecule has 2 amide bonds. The molecule has 3 rings (SSSR count). The lowest BCUT2D eigenvalue weighted by Gasteiger charge is -2.29. The molecule has 1 unspecified atom stereocenters. The molecule has 2 fully saturated rings. The van der Waals surface area contributed by atoms with E-state index in [1.807, 2.05) is 0 Å². The van der Waals surface area contributed by atoms with E-state index in [4.69, 9.17) is 4.74 Å². The van der Waals surface area contributed by atoms with Crippen LogP contribution in [0.1, 0.15) is 16.8 Å².